The molecule has 0 saturated carbocycles. The quantitative estimate of drug-likeness (QED) is 0.912. The first kappa shape index (κ1) is 14.2. The lowest BCUT2D eigenvalue weighted by atomic mass is 10.1. The standard InChI is InChI=1S/C13H17BrN4OS/c1-2-10(18-6-4-15-5-7-18)12-16-13(19-17-12)11-9(14)3-8-20-11/h3,8,10,15H,2,4-7H2,1H3. The molecule has 1 saturated heterocycles. The Kier molecular flexibility index (Phi) is 4.50. The van der Waals surface area contributed by atoms with Gasteiger partial charge >= 0.3 is 0 Å². The first-order valence-corrected chi connectivity index (χ1v) is 8.48. The van der Waals surface area contributed by atoms with Gasteiger partial charge in [0.1, 0.15) is 4.88 Å². The average molecular weight is 357 g/mol. The topological polar surface area (TPSA) is 54.2 Å². The van der Waals surface area contributed by atoms with Crippen LogP contribution in [-0.2, 0) is 0 Å². The van der Waals surface area contributed by atoms with Gasteiger partial charge in [0, 0.05) is 30.7 Å². The highest BCUT2D eigenvalue weighted by molar-refractivity contribution is 9.10. The summed E-state index contributed by atoms with van der Waals surface area (Å²) in [6, 6.07) is 2.24. The van der Waals surface area contributed by atoms with Crippen molar-refractivity contribution in [2.75, 3.05) is 26.2 Å². The predicted molar refractivity (Wildman–Crippen MR) is 82.8 cm³/mol. The third-order valence-corrected chi connectivity index (χ3v) is 5.36. The van der Waals surface area contributed by atoms with E-state index in [-0.39, 0.29) is 6.04 Å². The molecule has 1 N–H and O–H groups in total. The second-order valence-corrected chi connectivity index (χ2v) is 6.54. The van der Waals surface area contributed by atoms with E-state index in [1.165, 1.54) is 0 Å². The summed E-state index contributed by atoms with van der Waals surface area (Å²) in [7, 11) is 0. The van der Waals surface area contributed by atoms with Crippen molar-refractivity contribution in [1.82, 2.24) is 20.4 Å². The molecule has 7 heteroatoms. The molecule has 1 atom stereocenters. The Hall–Kier alpha value is -0.760. The van der Waals surface area contributed by atoms with Gasteiger partial charge in [0.05, 0.1) is 6.04 Å². The first-order chi connectivity index (χ1) is 9.79. The lowest BCUT2D eigenvalue weighted by molar-refractivity contribution is 0.160. The Morgan fingerprint density at radius 1 is 1.50 bits per heavy atom. The van der Waals surface area contributed by atoms with E-state index in [9.17, 15) is 0 Å². The molecule has 0 radical (unpaired) electrons. The smallest absolute Gasteiger partial charge is 0.269 e. The summed E-state index contributed by atoms with van der Waals surface area (Å²) in [6.45, 7) is 6.29. The summed E-state index contributed by atoms with van der Waals surface area (Å²) < 4.78 is 6.45. The maximum absolute atomic E-state index is 5.44. The zero-order chi connectivity index (χ0) is 13.9. The molecule has 1 aliphatic heterocycles. The van der Waals surface area contributed by atoms with Gasteiger partial charge in [-0.15, -0.1) is 11.3 Å². The second-order valence-electron chi connectivity index (χ2n) is 4.77. The van der Waals surface area contributed by atoms with E-state index >= 15 is 0 Å². The fourth-order valence-corrected chi connectivity index (χ4v) is 3.97. The minimum Gasteiger partial charge on any atom is -0.333 e. The van der Waals surface area contributed by atoms with E-state index in [0.717, 1.165) is 47.8 Å². The van der Waals surface area contributed by atoms with Crippen LogP contribution in [0.2, 0.25) is 0 Å². The minimum absolute atomic E-state index is 0.244. The van der Waals surface area contributed by atoms with Crippen LogP contribution in [0.4, 0.5) is 0 Å². The highest BCUT2D eigenvalue weighted by Crippen LogP contribution is 2.33. The largest absolute Gasteiger partial charge is 0.333 e. The molecule has 5 nitrogen and oxygen atoms in total. The number of hydrogen-bond donors (Lipinski definition) is 1. The van der Waals surface area contributed by atoms with Crippen molar-refractivity contribution in [1.29, 1.82) is 0 Å². The zero-order valence-corrected chi connectivity index (χ0v) is 13.7. The van der Waals surface area contributed by atoms with Crippen LogP contribution in [0.3, 0.4) is 0 Å². The fraction of sp³-hybridized carbons (Fsp3) is 0.538. The molecule has 1 fully saturated rings. The number of halogens is 1. The van der Waals surface area contributed by atoms with Gasteiger partial charge in [-0.1, -0.05) is 12.1 Å². The van der Waals surface area contributed by atoms with Crippen LogP contribution < -0.4 is 5.32 Å². The van der Waals surface area contributed by atoms with E-state index in [0.29, 0.717) is 5.89 Å². The molecule has 2 aromatic heterocycles. The molecule has 20 heavy (non-hydrogen) atoms. The van der Waals surface area contributed by atoms with Crippen LogP contribution in [-0.4, -0.2) is 41.2 Å². The molecule has 1 unspecified atom stereocenters. The number of nitrogens with zero attached hydrogens (tertiary/aromatic N) is 3. The van der Waals surface area contributed by atoms with E-state index < -0.39 is 0 Å². The molecule has 0 aromatic carbocycles. The summed E-state index contributed by atoms with van der Waals surface area (Å²) in [5.74, 6) is 1.40. The van der Waals surface area contributed by atoms with Crippen molar-refractivity contribution in [3.63, 3.8) is 0 Å². The molecule has 0 amide bonds. The number of aromatic nitrogens is 2. The van der Waals surface area contributed by atoms with Gasteiger partial charge in [-0.3, -0.25) is 4.90 Å². The van der Waals surface area contributed by atoms with Gasteiger partial charge in [-0.25, -0.2) is 0 Å². The van der Waals surface area contributed by atoms with Crippen LogP contribution in [0.1, 0.15) is 25.2 Å². The molecule has 2 aromatic rings. The van der Waals surface area contributed by atoms with Gasteiger partial charge in [0.25, 0.3) is 5.89 Å². The van der Waals surface area contributed by atoms with E-state index in [4.69, 9.17) is 4.52 Å². The lowest BCUT2D eigenvalue weighted by Crippen LogP contribution is -2.45. The number of thiophene rings is 1. The fourth-order valence-electron chi connectivity index (χ4n) is 2.51. The van der Waals surface area contributed by atoms with Crippen molar-refractivity contribution in [3.05, 3.63) is 21.7 Å². The molecule has 3 rings (SSSR count). The molecule has 1 aliphatic rings. The van der Waals surface area contributed by atoms with E-state index in [1.54, 1.807) is 11.3 Å². The summed E-state index contributed by atoms with van der Waals surface area (Å²) in [4.78, 5) is 8.02. The Bertz CT molecular complexity index is 564. The van der Waals surface area contributed by atoms with Crippen molar-refractivity contribution in [3.8, 4) is 10.8 Å². The third kappa shape index (κ3) is 2.81. The van der Waals surface area contributed by atoms with E-state index in [1.807, 2.05) is 11.4 Å². The van der Waals surface area contributed by atoms with Gasteiger partial charge in [0.2, 0.25) is 0 Å². The monoisotopic (exact) mass is 356 g/mol. The average Bonchev–Trinajstić information content (AvgIpc) is 3.10. The number of nitrogens with one attached hydrogen (secondary N) is 1. The molecule has 108 valence electrons. The summed E-state index contributed by atoms with van der Waals surface area (Å²) in [6.07, 6.45) is 0.991. The summed E-state index contributed by atoms with van der Waals surface area (Å²) in [5, 5.41) is 9.58. The van der Waals surface area contributed by atoms with Crippen molar-refractivity contribution in [2.45, 2.75) is 19.4 Å². The predicted octanol–water partition coefficient (Wildman–Crippen LogP) is 2.92. The van der Waals surface area contributed by atoms with E-state index in [2.05, 4.69) is 43.2 Å². The Balaban J connectivity index is 1.82. The van der Waals surface area contributed by atoms with Gasteiger partial charge in [-0.05, 0) is 33.8 Å². The maximum atomic E-state index is 5.44. The molecular formula is C13H17BrN4OS. The SMILES string of the molecule is CCC(c1noc(-c2sccc2Br)n1)N1CCNCC1. The third-order valence-electron chi connectivity index (χ3n) is 3.53. The number of rotatable bonds is 4. The summed E-state index contributed by atoms with van der Waals surface area (Å²) >= 11 is 5.11. The first-order valence-electron chi connectivity index (χ1n) is 6.81. The Morgan fingerprint density at radius 3 is 2.95 bits per heavy atom. The Labute approximate surface area is 130 Å². The highest BCUT2D eigenvalue weighted by atomic mass is 79.9. The van der Waals surface area contributed by atoms with Crippen LogP contribution in [0.5, 0.6) is 0 Å². The number of hydrogen-bond acceptors (Lipinski definition) is 6. The van der Waals surface area contributed by atoms with Crippen molar-refractivity contribution >= 4 is 27.3 Å². The van der Waals surface area contributed by atoms with Crippen molar-refractivity contribution < 1.29 is 4.52 Å². The molecule has 3 heterocycles. The Morgan fingerprint density at radius 2 is 2.30 bits per heavy atom. The van der Waals surface area contributed by atoms with Gasteiger partial charge < -0.3 is 9.84 Å². The maximum Gasteiger partial charge on any atom is 0.269 e. The van der Waals surface area contributed by atoms with Gasteiger partial charge in [0.15, 0.2) is 5.82 Å². The molecule has 0 spiro atoms. The van der Waals surface area contributed by atoms with Crippen LogP contribution in [0, 0.1) is 0 Å². The van der Waals surface area contributed by atoms with Crippen LogP contribution >= 0.6 is 27.3 Å². The zero-order valence-electron chi connectivity index (χ0n) is 11.3. The van der Waals surface area contributed by atoms with Gasteiger partial charge in [-0.2, -0.15) is 4.98 Å². The molecule has 0 bridgehead atoms. The molecular weight excluding hydrogens is 340 g/mol. The number of piperazine rings is 1. The van der Waals surface area contributed by atoms with Crippen molar-refractivity contribution in [2.24, 2.45) is 0 Å². The van der Waals surface area contributed by atoms with Crippen LogP contribution in [0.15, 0.2) is 20.4 Å². The minimum atomic E-state index is 0.244. The van der Waals surface area contributed by atoms with Crippen LogP contribution in [0.25, 0.3) is 10.8 Å². The molecule has 0 aliphatic carbocycles. The highest BCUT2D eigenvalue weighted by Gasteiger charge is 2.25. The summed E-state index contributed by atoms with van der Waals surface area (Å²) in [5.41, 5.74) is 0. The second kappa shape index (κ2) is 6.34. The normalized spacial score (nSPS) is 18.3. The lowest BCUT2D eigenvalue weighted by Gasteiger charge is -2.32.